The van der Waals surface area contributed by atoms with E-state index in [1.165, 1.54) is 0 Å². The van der Waals surface area contributed by atoms with Crippen LogP contribution in [0.4, 0.5) is 5.69 Å². The molecule has 1 fully saturated rings. The summed E-state index contributed by atoms with van der Waals surface area (Å²) in [7, 11) is 1.73. The normalized spacial score (nSPS) is 16.7. The van der Waals surface area contributed by atoms with Gasteiger partial charge in [0.05, 0.1) is 6.10 Å². The van der Waals surface area contributed by atoms with Gasteiger partial charge in [0.15, 0.2) is 0 Å². The molecule has 0 aromatic heterocycles. The molecular formula is C13H18N2O2S. The lowest BCUT2D eigenvalue weighted by Crippen LogP contribution is -2.40. The molecule has 0 radical (unpaired) electrons. The molecular weight excluding hydrogens is 248 g/mol. The van der Waals surface area contributed by atoms with Crippen LogP contribution < -0.4 is 4.72 Å². The van der Waals surface area contributed by atoms with Crippen molar-refractivity contribution in [2.24, 2.45) is 0 Å². The fourth-order valence-electron chi connectivity index (χ4n) is 2.20. The predicted molar refractivity (Wildman–Crippen MR) is 75.0 cm³/mol. The number of benzene rings is 1. The maximum absolute atomic E-state index is 12.3. The Morgan fingerprint density at radius 1 is 1.44 bits per heavy atom. The molecule has 1 N–H and O–H groups in total. The van der Waals surface area contributed by atoms with Gasteiger partial charge in [-0.05, 0) is 31.0 Å². The number of nitrogens with zero attached hydrogens (tertiary/aromatic N) is 1. The highest BCUT2D eigenvalue weighted by Crippen LogP contribution is 2.18. The first-order valence-corrected chi connectivity index (χ1v) is 6.51. The van der Waals surface area contributed by atoms with Crippen LogP contribution in [0.25, 0.3) is 0 Å². The van der Waals surface area contributed by atoms with Crippen molar-refractivity contribution >= 4 is 24.4 Å². The number of hydrogen-bond acceptors (Lipinski definition) is 4. The fourth-order valence-corrected chi connectivity index (χ4v) is 2.34. The molecule has 1 aromatic carbocycles. The summed E-state index contributed by atoms with van der Waals surface area (Å²) in [6, 6.07) is 7.38. The molecule has 1 amide bonds. The monoisotopic (exact) mass is 266 g/mol. The standard InChI is InChI=1S/C13H18N2O2S/c1-17-12-5-7-15(8-6-12)13(16)10-3-2-4-11(9-10)14-18/h2-4,9,12,14,18H,5-8H2,1H3. The van der Waals surface area contributed by atoms with Crippen molar-refractivity contribution in [3.05, 3.63) is 29.8 Å². The third kappa shape index (κ3) is 2.97. The number of nitrogens with one attached hydrogen (secondary N) is 1. The molecule has 0 bridgehead atoms. The van der Waals surface area contributed by atoms with Gasteiger partial charge in [-0.1, -0.05) is 18.9 Å². The maximum Gasteiger partial charge on any atom is 0.253 e. The minimum atomic E-state index is 0.0787. The van der Waals surface area contributed by atoms with Crippen LogP contribution in [0.3, 0.4) is 0 Å². The highest BCUT2D eigenvalue weighted by molar-refractivity contribution is 7.81. The van der Waals surface area contributed by atoms with E-state index in [2.05, 4.69) is 17.5 Å². The third-order valence-corrected chi connectivity index (χ3v) is 3.56. The summed E-state index contributed by atoms with van der Waals surface area (Å²) in [5, 5.41) is 0. The Morgan fingerprint density at radius 3 is 2.78 bits per heavy atom. The number of anilines is 1. The molecule has 1 aliphatic heterocycles. The summed E-state index contributed by atoms with van der Waals surface area (Å²) in [6.07, 6.45) is 2.11. The second-order valence-electron chi connectivity index (χ2n) is 4.42. The molecule has 1 heterocycles. The number of thiol groups is 1. The van der Waals surface area contributed by atoms with Gasteiger partial charge < -0.3 is 14.4 Å². The van der Waals surface area contributed by atoms with Crippen LogP contribution in [-0.2, 0) is 4.74 Å². The van der Waals surface area contributed by atoms with Gasteiger partial charge in [-0.15, -0.1) is 0 Å². The number of ether oxygens (including phenoxy) is 1. The first kappa shape index (κ1) is 13.2. The van der Waals surface area contributed by atoms with Gasteiger partial charge >= 0.3 is 0 Å². The first-order chi connectivity index (χ1) is 8.74. The number of hydrogen-bond donors (Lipinski definition) is 2. The zero-order chi connectivity index (χ0) is 13.0. The van der Waals surface area contributed by atoms with E-state index in [1.807, 2.05) is 29.2 Å². The zero-order valence-corrected chi connectivity index (χ0v) is 11.3. The Kier molecular flexibility index (Phi) is 4.49. The fraction of sp³-hybridized carbons (Fsp3) is 0.462. The molecule has 18 heavy (non-hydrogen) atoms. The zero-order valence-electron chi connectivity index (χ0n) is 10.4. The summed E-state index contributed by atoms with van der Waals surface area (Å²) in [4.78, 5) is 14.2. The Balaban J connectivity index is 2.03. The second kappa shape index (κ2) is 6.11. The summed E-state index contributed by atoms with van der Waals surface area (Å²) < 4.78 is 8.05. The van der Waals surface area contributed by atoms with Crippen LogP contribution in [0.15, 0.2) is 24.3 Å². The van der Waals surface area contributed by atoms with Crippen LogP contribution in [-0.4, -0.2) is 37.1 Å². The van der Waals surface area contributed by atoms with Crippen molar-refractivity contribution in [1.82, 2.24) is 4.90 Å². The highest BCUT2D eigenvalue weighted by atomic mass is 32.1. The van der Waals surface area contributed by atoms with Crippen molar-refractivity contribution in [2.75, 3.05) is 24.9 Å². The minimum absolute atomic E-state index is 0.0787. The first-order valence-electron chi connectivity index (χ1n) is 6.07. The van der Waals surface area contributed by atoms with Crippen molar-refractivity contribution in [3.63, 3.8) is 0 Å². The Hall–Kier alpha value is -1.20. The molecule has 0 atom stereocenters. The second-order valence-corrected chi connectivity index (χ2v) is 4.64. The quantitative estimate of drug-likeness (QED) is 0.824. The van der Waals surface area contributed by atoms with E-state index in [1.54, 1.807) is 7.11 Å². The molecule has 0 saturated carbocycles. The van der Waals surface area contributed by atoms with E-state index < -0.39 is 0 Å². The average molecular weight is 266 g/mol. The number of rotatable bonds is 3. The van der Waals surface area contributed by atoms with Crippen LogP contribution in [0.2, 0.25) is 0 Å². The number of piperidine rings is 1. The van der Waals surface area contributed by atoms with Gasteiger partial charge in [-0.3, -0.25) is 4.79 Å². The number of likely N-dealkylation sites (tertiary alicyclic amines) is 1. The summed E-state index contributed by atoms with van der Waals surface area (Å²) >= 11 is 3.99. The number of carbonyl (C=O) groups is 1. The highest BCUT2D eigenvalue weighted by Gasteiger charge is 2.23. The largest absolute Gasteiger partial charge is 0.381 e. The summed E-state index contributed by atoms with van der Waals surface area (Å²) in [5.41, 5.74) is 1.53. The van der Waals surface area contributed by atoms with Crippen LogP contribution in [0, 0.1) is 0 Å². The number of amides is 1. The van der Waals surface area contributed by atoms with E-state index in [0.717, 1.165) is 31.6 Å². The molecule has 1 saturated heterocycles. The van der Waals surface area contributed by atoms with Gasteiger partial charge in [0.2, 0.25) is 0 Å². The lowest BCUT2D eigenvalue weighted by Gasteiger charge is -2.31. The lowest BCUT2D eigenvalue weighted by molar-refractivity contribution is 0.0351. The van der Waals surface area contributed by atoms with E-state index in [0.29, 0.717) is 11.7 Å². The van der Waals surface area contributed by atoms with Gasteiger partial charge in [0.25, 0.3) is 5.91 Å². The molecule has 0 aliphatic carbocycles. The van der Waals surface area contributed by atoms with Gasteiger partial charge in [0, 0.05) is 31.5 Å². The van der Waals surface area contributed by atoms with Crippen molar-refractivity contribution in [3.8, 4) is 0 Å². The molecule has 0 unspecified atom stereocenters. The Morgan fingerprint density at radius 2 is 2.17 bits per heavy atom. The maximum atomic E-state index is 12.3. The summed E-state index contributed by atoms with van der Waals surface area (Å²) in [6.45, 7) is 1.52. The summed E-state index contributed by atoms with van der Waals surface area (Å²) in [5.74, 6) is 0.0787. The molecule has 1 aromatic rings. The van der Waals surface area contributed by atoms with E-state index in [9.17, 15) is 4.79 Å². The minimum Gasteiger partial charge on any atom is -0.381 e. The smallest absolute Gasteiger partial charge is 0.253 e. The molecule has 4 nitrogen and oxygen atoms in total. The Labute approximate surface area is 113 Å². The predicted octanol–water partition coefficient (Wildman–Crippen LogP) is 2.19. The average Bonchev–Trinajstić information content (AvgIpc) is 2.46. The van der Waals surface area contributed by atoms with Gasteiger partial charge in [-0.2, -0.15) is 0 Å². The van der Waals surface area contributed by atoms with E-state index in [-0.39, 0.29) is 5.91 Å². The van der Waals surface area contributed by atoms with Crippen LogP contribution >= 0.6 is 12.8 Å². The number of methoxy groups -OCH3 is 1. The topological polar surface area (TPSA) is 41.6 Å². The SMILES string of the molecule is COC1CCN(C(=O)c2cccc(NS)c2)CC1. The molecule has 0 spiro atoms. The van der Waals surface area contributed by atoms with Gasteiger partial charge in [-0.25, -0.2) is 0 Å². The van der Waals surface area contributed by atoms with Crippen LogP contribution in [0.5, 0.6) is 0 Å². The Bertz CT molecular complexity index is 417. The van der Waals surface area contributed by atoms with Gasteiger partial charge in [0.1, 0.15) is 0 Å². The lowest BCUT2D eigenvalue weighted by atomic mass is 10.1. The molecule has 98 valence electrons. The van der Waals surface area contributed by atoms with E-state index in [4.69, 9.17) is 4.74 Å². The molecule has 1 aliphatic rings. The number of carbonyl (C=O) groups excluding carboxylic acids is 1. The molecule has 2 rings (SSSR count). The molecule has 5 heteroatoms. The van der Waals surface area contributed by atoms with E-state index >= 15 is 0 Å². The van der Waals surface area contributed by atoms with Crippen LogP contribution in [0.1, 0.15) is 23.2 Å². The third-order valence-electron chi connectivity index (χ3n) is 3.30. The van der Waals surface area contributed by atoms with Crippen molar-refractivity contribution < 1.29 is 9.53 Å². The van der Waals surface area contributed by atoms with Crippen molar-refractivity contribution in [2.45, 2.75) is 18.9 Å². The van der Waals surface area contributed by atoms with Crippen molar-refractivity contribution in [1.29, 1.82) is 0 Å².